The summed E-state index contributed by atoms with van der Waals surface area (Å²) >= 11 is 1.69. The molecule has 1 saturated carbocycles. The molecule has 0 spiro atoms. The number of carboxylic acids is 1. The summed E-state index contributed by atoms with van der Waals surface area (Å²) in [6.45, 7) is 4.85. The number of hydrogen-bond donors (Lipinski definition) is 1. The number of thiazole rings is 1. The van der Waals surface area contributed by atoms with Gasteiger partial charge in [0, 0.05) is 22.8 Å². The van der Waals surface area contributed by atoms with Crippen LogP contribution in [0, 0.1) is 13.8 Å². The quantitative estimate of drug-likeness (QED) is 0.203. The number of rotatable bonds is 7. The molecule has 0 atom stereocenters. The summed E-state index contributed by atoms with van der Waals surface area (Å²) in [6, 6.07) is 27.2. The summed E-state index contributed by atoms with van der Waals surface area (Å²) in [5.41, 5.74) is 9.32. The molecule has 216 valence electrons. The summed E-state index contributed by atoms with van der Waals surface area (Å²) in [4.78, 5) is 22.8. The van der Waals surface area contributed by atoms with E-state index >= 15 is 0 Å². The zero-order chi connectivity index (χ0) is 29.5. The summed E-state index contributed by atoms with van der Waals surface area (Å²) < 4.78 is 2.39. The van der Waals surface area contributed by atoms with Gasteiger partial charge in [0.05, 0.1) is 38.0 Å². The molecule has 0 unspecified atom stereocenters. The maximum atomic E-state index is 12.1. The number of nitrogens with zero attached hydrogens (tertiary/aromatic N) is 3. The van der Waals surface area contributed by atoms with Crippen molar-refractivity contribution in [3.05, 3.63) is 106 Å². The summed E-state index contributed by atoms with van der Waals surface area (Å²) in [5, 5.41) is 13.2. The smallest absolute Gasteiger partial charge is 0.335 e. The number of aromatic nitrogens is 3. The summed E-state index contributed by atoms with van der Waals surface area (Å²) in [6.07, 6.45) is 6.94. The highest BCUT2D eigenvalue weighted by Gasteiger charge is 2.27. The normalized spacial score (nSPS) is 14.1. The van der Waals surface area contributed by atoms with Gasteiger partial charge in [-0.1, -0.05) is 67.8 Å². The third kappa shape index (κ3) is 5.25. The number of carbonyl (C=O) groups is 1. The van der Waals surface area contributed by atoms with Crippen molar-refractivity contribution >= 4 is 39.1 Å². The van der Waals surface area contributed by atoms with E-state index in [4.69, 9.17) is 4.98 Å². The Morgan fingerprint density at radius 2 is 1.74 bits per heavy atom. The first-order chi connectivity index (χ1) is 21.0. The fourth-order valence-corrected chi connectivity index (χ4v) is 7.80. The molecular weight excluding hydrogens is 550 g/mol. The minimum absolute atomic E-state index is 0.330. The van der Waals surface area contributed by atoms with Crippen LogP contribution in [0.1, 0.15) is 70.2 Å². The minimum atomic E-state index is -0.891. The molecule has 6 aromatic rings. The van der Waals surface area contributed by atoms with Crippen LogP contribution in [0.2, 0.25) is 0 Å². The Morgan fingerprint density at radius 1 is 0.930 bits per heavy atom. The molecule has 3 heterocycles. The number of pyridine rings is 1. The van der Waals surface area contributed by atoms with Crippen molar-refractivity contribution in [3.63, 3.8) is 0 Å². The van der Waals surface area contributed by atoms with E-state index in [9.17, 15) is 9.90 Å². The van der Waals surface area contributed by atoms with Gasteiger partial charge >= 0.3 is 5.97 Å². The molecule has 0 aliphatic heterocycles. The predicted octanol–water partition coefficient (Wildman–Crippen LogP) is 9.59. The summed E-state index contributed by atoms with van der Waals surface area (Å²) in [7, 11) is 0. The second kappa shape index (κ2) is 11.4. The third-order valence-electron chi connectivity index (χ3n) is 8.93. The fourth-order valence-electron chi connectivity index (χ4n) is 6.91. The Kier molecular flexibility index (Phi) is 7.31. The number of aromatic carboxylic acids is 1. The van der Waals surface area contributed by atoms with Crippen molar-refractivity contribution in [1.29, 1.82) is 0 Å². The van der Waals surface area contributed by atoms with E-state index in [1.54, 1.807) is 17.4 Å². The molecule has 7 rings (SSSR count). The first-order valence-corrected chi connectivity index (χ1v) is 16.1. The standard InChI is InChI=1S/C37H35N3O2S/c1-23-36(43-24(2)38-23)32-18-14-27-21-28(15-17-31(27)39-32)35-34(26-11-7-4-8-12-26)30-16-13-29(37(41)42)22-33(30)40(35)20-19-25-9-5-3-6-10-25/h3,5-6,9-10,13-18,21-22,26H,4,7-8,11-12,19-20H2,1-2H3,(H,41,42). The van der Waals surface area contributed by atoms with Crippen molar-refractivity contribution in [2.45, 2.75) is 64.8 Å². The molecule has 6 heteroatoms. The molecule has 0 saturated heterocycles. The van der Waals surface area contributed by atoms with E-state index < -0.39 is 5.97 Å². The third-order valence-corrected chi connectivity index (χ3v) is 10.0. The van der Waals surface area contributed by atoms with Gasteiger partial charge in [-0.2, -0.15) is 0 Å². The lowest BCUT2D eigenvalue weighted by atomic mass is 9.81. The van der Waals surface area contributed by atoms with Gasteiger partial charge in [-0.15, -0.1) is 11.3 Å². The van der Waals surface area contributed by atoms with Crippen molar-refractivity contribution < 1.29 is 9.90 Å². The average Bonchev–Trinajstić information content (AvgIpc) is 3.55. The van der Waals surface area contributed by atoms with Gasteiger partial charge in [-0.05, 0) is 86.1 Å². The van der Waals surface area contributed by atoms with Crippen LogP contribution >= 0.6 is 11.3 Å². The number of fused-ring (bicyclic) bond motifs is 2. The molecular formula is C37H35N3O2S. The highest BCUT2D eigenvalue weighted by atomic mass is 32.1. The van der Waals surface area contributed by atoms with Gasteiger partial charge in [-0.3, -0.25) is 0 Å². The molecule has 43 heavy (non-hydrogen) atoms. The molecule has 0 bridgehead atoms. The first kappa shape index (κ1) is 27.5. The SMILES string of the molecule is Cc1nc(C)c(-c2ccc3cc(-c4c(C5CCCCC5)c5ccc(C(=O)O)cc5n4CCc4ccccc4)ccc3n2)s1. The Morgan fingerprint density at radius 3 is 2.49 bits per heavy atom. The summed E-state index contributed by atoms with van der Waals surface area (Å²) in [5.74, 6) is -0.439. The lowest BCUT2D eigenvalue weighted by Gasteiger charge is -2.24. The Hall–Kier alpha value is -4.29. The van der Waals surface area contributed by atoms with Gasteiger partial charge in [0.25, 0.3) is 0 Å². The highest BCUT2D eigenvalue weighted by molar-refractivity contribution is 7.15. The number of benzene rings is 3. The molecule has 0 amide bonds. The van der Waals surface area contributed by atoms with Crippen LogP contribution in [0.25, 0.3) is 43.6 Å². The van der Waals surface area contributed by atoms with Crippen LogP contribution in [0.4, 0.5) is 0 Å². The molecule has 3 aromatic heterocycles. The second-order valence-electron chi connectivity index (χ2n) is 11.8. The van der Waals surface area contributed by atoms with E-state index in [-0.39, 0.29) is 0 Å². The molecule has 1 aliphatic carbocycles. The zero-order valence-electron chi connectivity index (χ0n) is 24.6. The maximum Gasteiger partial charge on any atom is 0.335 e. The van der Waals surface area contributed by atoms with Gasteiger partial charge in [0.2, 0.25) is 0 Å². The molecule has 0 radical (unpaired) electrons. The monoisotopic (exact) mass is 585 g/mol. The minimum Gasteiger partial charge on any atom is -0.478 e. The fraction of sp³-hybridized carbons (Fsp3) is 0.270. The number of aryl methyl sites for hydroxylation is 4. The molecule has 1 aliphatic rings. The zero-order valence-corrected chi connectivity index (χ0v) is 25.5. The van der Waals surface area contributed by atoms with Crippen molar-refractivity contribution in [2.24, 2.45) is 0 Å². The molecule has 3 aromatic carbocycles. The van der Waals surface area contributed by atoms with Crippen LogP contribution in [0.5, 0.6) is 0 Å². The van der Waals surface area contributed by atoms with Gasteiger partial charge in [0.15, 0.2) is 0 Å². The topological polar surface area (TPSA) is 68.0 Å². The van der Waals surface area contributed by atoms with Crippen molar-refractivity contribution in [1.82, 2.24) is 14.5 Å². The highest BCUT2D eigenvalue weighted by Crippen LogP contribution is 2.45. The largest absolute Gasteiger partial charge is 0.478 e. The second-order valence-corrected chi connectivity index (χ2v) is 13.0. The predicted molar refractivity (Wildman–Crippen MR) is 176 cm³/mol. The average molecular weight is 586 g/mol. The van der Waals surface area contributed by atoms with Crippen LogP contribution in [0.3, 0.4) is 0 Å². The Balaban J connectivity index is 1.42. The van der Waals surface area contributed by atoms with E-state index in [2.05, 4.69) is 70.2 Å². The van der Waals surface area contributed by atoms with Gasteiger partial charge in [0.1, 0.15) is 0 Å². The van der Waals surface area contributed by atoms with E-state index in [1.807, 2.05) is 26.0 Å². The van der Waals surface area contributed by atoms with Gasteiger partial charge < -0.3 is 9.67 Å². The van der Waals surface area contributed by atoms with Crippen molar-refractivity contribution in [3.8, 4) is 21.8 Å². The van der Waals surface area contributed by atoms with Crippen molar-refractivity contribution in [2.75, 3.05) is 0 Å². The van der Waals surface area contributed by atoms with Crippen LogP contribution in [-0.4, -0.2) is 25.6 Å². The first-order valence-electron chi connectivity index (χ1n) is 15.3. The molecule has 1 fully saturated rings. The lowest BCUT2D eigenvalue weighted by Crippen LogP contribution is -2.08. The van der Waals surface area contributed by atoms with Crippen LogP contribution in [-0.2, 0) is 13.0 Å². The maximum absolute atomic E-state index is 12.1. The van der Waals surface area contributed by atoms with Crippen LogP contribution in [0.15, 0.2) is 78.9 Å². The Bertz CT molecular complexity index is 1970. The number of carboxylic acid groups (broad SMARTS) is 1. The molecule has 5 nitrogen and oxygen atoms in total. The lowest BCUT2D eigenvalue weighted by molar-refractivity contribution is 0.0697. The van der Waals surface area contributed by atoms with E-state index in [0.717, 1.165) is 69.1 Å². The van der Waals surface area contributed by atoms with E-state index in [0.29, 0.717) is 11.5 Å². The van der Waals surface area contributed by atoms with Crippen LogP contribution < -0.4 is 0 Å². The Labute approximate surface area is 255 Å². The number of hydrogen-bond acceptors (Lipinski definition) is 4. The van der Waals surface area contributed by atoms with E-state index in [1.165, 1.54) is 41.5 Å². The molecule has 1 N–H and O–H groups in total. The van der Waals surface area contributed by atoms with Gasteiger partial charge in [-0.25, -0.2) is 14.8 Å².